The number of aromatic nitrogens is 3. The van der Waals surface area contributed by atoms with Crippen LogP contribution in [0.5, 0.6) is 0 Å². The number of aromatic amines is 1. The van der Waals surface area contributed by atoms with E-state index in [1.54, 1.807) is 24.4 Å². The summed E-state index contributed by atoms with van der Waals surface area (Å²) in [5, 5.41) is 5.88. The molecule has 1 aliphatic rings. The van der Waals surface area contributed by atoms with Crippen molar-refractivity contribution in [2.75, 3.05) is 10.6 Å². The lowest BCUT2D eigenvalue weighted by Gasteiger charge is -2.25. The van der Waals surface area contributed by atoms with Gasteiger partial charge in [0.05, 0.1) is 17.2 Å². The number of aryl methyl sites for hydroxylation is 1. The number of hydrogen-bond acceptors (Lipinski definition) is 4. The Hall–Kier alpha value is -4.00. The SMILES string of the molecule is Cc1ccc(C(=O)Nc2cc3nc(-c4ccc(NC(=O)C5CCC(C)CC5)cc4)[nH]c3cn2)cc1. The lowest BCUT2D eigenvalue weighted by Crippen LogP contribution is -2.26. The number of H-pyrrole nitrogens is 1. The smallest absolute Gasteiger partial charge is 0.256 e. The highest BCUT2D eigenvalue weighted by molar-refractivity contribution is 6.04. The van der Waals surface area contributed by atoms with Crippen LogP contribution in [0.1, 0.15) is 48.5 Å². The Balaban J connectivity index is 1.26. The van der Waals surface area contributed by atoms with Gasteiger partial charge in [0.15, 0.2) is 0 Å². The van der Waals surface area contributed by atoms with E-state index in [-0.39, 0.29) is 17.7 Å². The maximum absolute atomic E-state index is 12.6. The van der Waals surface area contributed by atoms with Crippen molar-refractivity contribution >= 4 is 34.4 Å². The number of amides is 2. The summed E-state index contributed by atoms with van der Waals surface area (Å²) in [6, 6.07) is 16.8. The molecule has 0 radical (unpaired) electrons. The minimum atomic E-state index is -0.215. The maximum Gasteiger partial charge on any atom is 0.256 e. The number of anilines is 2. The minimum Gasteiger partial charge on any atom is -0.337 e. The van der Waals surface area contributed by atoms with Crippen molar-refractivity contribution in [1.82, 2.24) is 15.0 Å². The molecule has 2 heterocycles. The number of imidazole rings is 1. The molecule has 0 bridgehead atoms. The fraction of sp³-hybridized carbons (Fsp3) is 0.286. The Morgan fingerprint density at radius 1 is 0.943 bits per heavy atom. The van der Waals surface area contributed by atoms with Crippen LogP contribution < -0.4 is 10.6 Å². The standard InChI is InChI=1S/C28H29N5O2/c1-17-3-7-20(8-4-17)27(34)30-22-13-11-19(12-14-22)26-31-23-15-25(29-16-24(23)32-26)33-28(35)21-9-5-18(2)6-10-21/h5-6,9-17,20H,3-4,7-8H2,1-2H3,(H,30,34)(H,31,32)(H,29,33,35). The van der Waals surface area contributed by atoms with Gasteiger partial charge in [0.25, 0.3) is 5.91 Å². The van der Waals surface area contributed by atoms with Gasteiger partial charge in [-0.1, -0.05) is 24.6 Å². The predicted octanol–water partition coefficient (Wildman–Crippen LogP) is 5.95. The molecule has 178 valence electrons. The van der Waals surface area contributed by atoms with Gasteiger partial charge in [-0.3, -0.25) is 9.59 Å². The molecule has 0 spiro atoms. The van der Waals surface area contributed by atoms with Crippen molar-refractivity contribution in [3.05, 3.63) is 71.9 Å². The summed E-state index contributed by atoms with van der Waals surface area (Å²) in [5.41, 5.74) is 4.84. The van der Waals surface area contributed by atoms with Crippen LogP contribution in [0.3, 0.4) is 0 Å². The summed E-state index contributed by atoms with van der Waals surface area (Å²) in [4.78, 5) is 37.4. The lowest BCUT2D eigenvalue weighted by atomic mass is 9.82. The monoisotopic (exact) mass is 467 g/mol. The number of hydrogen-bond donors (Lipinski definition) is 3. The van der Waals surface area contributed by atoms with E-state index in [1.807, 2.05) is 43.3 Å². The van der Waals surface area contributed by atoms with Crippen LogP contribution in [-0.2, 0) is 4.79 Å². The molecular weight excluding hydrogens is 438 g/mol. The molecule has 7 heteroatoms. The van der Waals surface area contributed by atoms with Gasteiger partial charge in [-0.25, -0.2) is 9.97 Å². The van der Waals surface area contributed by atoms with Gasteiger partial charge < -0.3 is 15.6 Å². The van der Waals surface area contributed by atoms with Gasteiger partial charge in [-0.2, -0.15) is 0 Å². The number of carbonyl (C=O) groups is 2. The van der Waals surface area contributed by atoms with E-state index in [0.717, 1.165) is 53.9 Å². The molecule has 2 aromatic heterocycles. The van der Waals surface area contributed by atoms with E-state index in [4.69, 9.17) is 0 Å². The summed E-state index contributed by atoms with van der Waals surface area (Å²) in [6.07, 6.45) is 5.83. The molecule has 2 amide bonds. The summed E-state index contributed by atoms with van der Waals surface area (Å²) < 4.78 is 0. The third kappa shape index (κ3) is 5.24. The molecule has 0 saturated heterocycles. The second kappa shape index (κ2) is 9.70. The normalized spacial score (nSPS) is 17.8. The number of fused-ring (bicyclic) bond motifs is 1. The van der Waals surface area contributed by atoms with Crippen LogP contribution in [0.4, 0.5) is 11.5 Å². The third-order valence-electron chi connectivity index (χ3n) is 6.74. The van der Waals surface area contributed by atoms with Crippen LogP contribution in [-0.4, -0.2) is 26.8 Å². The highest BCUT2D eigenvalue weighted by atomic mass is 16.2. The first-order valence-corrected chi connectivity index (χ1v) is 12.1. The number of nitrogens with one attached hydrogen (secondary N) is 3. The number of benzene rings is 2. The number of carbonyl (C=O) groups excluding carboxylic acids is 2. The number of pyridine rings is 1. The topological polar surface area (TPSA) is 99.8 Å². The summed E-state index contributed by atoms with van der Waals surface area (Å²) in [6.45, 7) is 4.23. The zero-order chi connectivity index (χ0) is 24.4. The number of rotatable bonds is 5. The van der Waals surface area contributed by atoms with Crippen molar-refractivity contribution in [2.24, 2.45) is 11.8 Å². The number of nitrogens with zero attached hydrogens (tertiary/aromatic N) is 2. The van der Waals surface area contributed by atoms with Crippen molar-refractivity contribution < 1.29 is 9.59 Å². The first-order chi connectivity index (χ1) is 16.9. The Bertz CT molecular complexity index is 1350. The molecule has 1 saturated carbocycles. The zero-order valence-corrected chi connectivity index (χ0v) is 20.0. The van der Waals surface area contributed by atoms with E-state index in [9.17, 15) is 9.59 Å². The Morgan fingerprint density at radius 3 is 2.37 bits per heavy atom. The largest absolute Gasteiger partial charge is 0.337 e. The third-order valence-corrected chi connectivity index (χ3v) is 6.74. The maximum atomic E-state index is 12.6. The molecule has 4 aromatic rings. The first kappa shape index (κ1) is 22.8. The van der Waals surface area contributed by atoms with E-state index in [2.05, 4.69) is 32.5 Å². The van der Waals surface area contributed by atoms with Crippen molar-refractivity contribution in [2.45, 2.75) is 39.5 Å². The molecule has 3 N–H and O–H groups in total. The van der Waals surface area contributed by atoms with Gasteiger partial charge in [0.2, 0.25) is 5.91 Å². The molecule has 7 nitrogen and oxygen atoms in total. The molecule has 5 rings (SSSR count). The van der Waals surface area contributed by atoms with Crippen LogP contribution >= 0.6 is 0 Å². The first-order valence-electron chi connectivity index (χ1n) is 12.1. The van der Waals surface area contributed by atoms with Crippen molar-refractivity contribution in [3.63, 3.8) is 0 Å². The van der Waals surface area contributed by atoms with Crippen molar-refractivity contribution in [3.8, 4) is 11.4 Å². The van der Waals surface area contributed by atoms with Crippen LogP contribution in [0.2, 0.25) is 0 Å². The molecule has 1 aliphatic carbocycles. The minimum absolute atomic E-state index is 0.106. The van der Waals surface area contributed by atoms with E-state index < -0.39 is 0 Å². The fourth-order valence-electron chi connectivity index (χ4n) is 4.49. The van der Waals surface area contributed by atoms with Gasteiger partial charge >= 0.3 is 0 Å². The summed E-state index contributed by atoms with van der Waals surface area (Å²) in [7, 11) is 0. The average molecular weight is 468 g/mol. The van der Waals surface area contributed by atoms with Gasteiger partial charge in [-0.15, -0.1) is 0 Å². The van der Waals surface area contributed by atoms with E-state index in [1.165, 1.54) is 0 Å². The zero-order valence-electron chi connectivity index (χ0n) is 20.0. The van der Waals surface area contributed by atoms with Crippen molar-refractivity contribution in [1.29, 1.82) is 0 Å². The molecule has 0 unspecified atom stereocenters. The molecular formula is C28H29N5O2. The molecule has 0 aliphatic heterocycles. The highest BCUT2D eigenvalue weighted by Gasteiger charge is 2.24. The summed E-state index contributed by atoms with van der Waals surface area (Å²) >= 11 is 0. The molecule has 35 heavy (non-hydrogen) atoms. The second-order valence-corrected chi connectivity index (χ2v) is 9.52. The second-order valence-electron chi connectivity index (χ2n) is 9.52. The fourth-order valence-corrected chi connectivity index (χ4v) is 4.49. The van der Waals surface area contributed by atoms with E-state index >= 15 is 0 Å². The van der Waals surface area contributed by atoms with Crippen LogP contribution in [0, 0.1) is 18.8 Å². The highest BCUT2D eigenvalue weighted by Crippen LogP contribution is 2.29. The Labute approximate surface area is 204 Å². The molecule has 2 aromatic carbocycles. The lowest BCUT2D eigenvalue weighted by molar-refractivity contribution is -0.121. The van der Waals surface area contributed by atoms with Crippen LogP contribution in [0.25, 0.3) is 22.4 Å². The van der Waals surface area contributed by atoms with Gasteiger partial charge in [-0.05, 0) is 74.9 Å². The Morgan fingerprint density at radius 2 is 1.66 bits per heavy atom. The van der Waals surface area contributed by atoms with Gasteiger partial charge in [0.1, 0.15) is 11.6 Å². The van der Waals surface area contributed by atoms with Gasteiger partial charge in [0, 0.05) is 28.8 Å². The Kier molecular flexibility index (Phi) is 6.31. The quantitative estimate of drug-likeness (QED) is 0.338. The van der Waals surface area contributed by atoms with E-state index in [0.29, 0.717) is 22.7 Å². The van der Waals surface area contributed by atoms with Crippen LogP contribution in [0.15, 0.2) is 60.8 Å². The molecule has 1 fully saturated rings. The molecule has 0 atom stereocenters. The predicted molar refractivity (Wildman–Crippen MR) is 138 cm³/mol. The summed E-state index contributed by atoms with van der Waals surface area (Å²) in [5.74, 6) is 1.86. The average Bonchev–Trinajstić information content (AvgIpc) is 3.29.